The van der Waals surface area contributed by atoms with E-state index < -0.39 is 0 Å². The van der Waals surface area contributed by atoms with Crippen molar-refractivity contribution in [3.8, 4) is 0 Å². The van der Waals surface area contributed by atoms with Crippen LogP contribution in [0, 0.1) is 5.41 Å². The molecule has 2 rings (SSSR count). The Morgan fingerprint density at radius 2 is 2.00 bits per heavy atom. The molecule has 1 aromatic rings. The third-order valence-electron chi connectivity index (χ3n) is 4.58. The van der Waals surface area contributed by atoms with Crippen LogP contribution in [0.25, 0.3) is 0 Å². The minimum atomic E-state index is 0.152. The number of hydrogen-bond donors (Lipinski definition) is 1. The fraction of sp³-hybridized carbons (Fsp3) is 0.812. The van der Waals surface area contributed by atoms with Crippen LogP contribution >= 0.6 is 11.3 Å². The Labute approximate surface area is 127 Å². The molecule has 0 radical (unpaired) electrons. The van der Waals surface area contributed by atoms with Gasteiger partial charge in [0.05, 0.1) is 10.7 Å². The molecule has 0 spiro atoms. The standard InChI is InChI=1S/C16H28N2OS/c1-5-16(12-19)6-8-18(9-7-16)10-13-11-20-14(17-13)15(2,3)4/h11,19H,5-10,12H2,1-4H3. The van der Waals surface area contributed by atoms with E-state index in [0.29, 0.717) is 6.61 Å². The Hall–Kier alpha value is -0.450. The predicted octanol–water partition coefficient (Wildman–Crippen LogP) is 3.43. The van der Waals surface area contributed by atoms with Crippen molar-refractivity contribution in [2.45, 2.75) is 58.9 Å². The number of aliphatic hydroxyl groups excluding tert-OH is 1. The van der Waals surface area contributed by atoms with Crippen molar-refractivity contribution >= 4 is 11.3 Å². The molecule has 20 heavy (non-hydrogen) atoms. The highest BCUT2D eigenvalue weighted by Crippen LogP contribution is 2.35. The van der Waals surface area contributed by atoms with E-state index in [-0.39, 0.29) is 10.8 Å². The summed E-state index contributed by atoms with van der Waals surface area (Å²) in [6.45, 7) is 12.3. The molecule has 2 heterocycles. The fourth-order valence-electron chi connectivity index (χ4n) is 2.76. The Kier molecular flexibility index (Phi) is 4.88. The highest BCUT2D eigenvalue weighted by Gasteiger charge is 2.32. The molecule has 0 aliphatic carbocycles. The lowest BCUT2D eigenvalue weighted by Crippen LogP contribution is -2.41. The van der Waals surface area contributed by atoms with Crippen molar-refractivity contribution in [3.63, 3.8) is 0 Å². The summed E-state index contributed by atoms with van der Waals surface area (Å²) in [5.41, 5.74) is 1.53. The molecule has 1 aliphatic heterocycles. The molecule has 1 fully saturated rings. The van der Waals surface area contributed by atoms with E-state index in [1.165, 1.54) is 10.7 Å². The number of hydrogen-bond acceptors (Lipinski definition) is 4. The van der Waals surface area contributed by atoms with Gasteiger partial charge in [-0.05, 0) is 37.8 Å². The average molecular weight is 296 g/mol. The second-order valence-electron chi connectivity index (χ2n) is 7.18. The molecule has 0 bridgehead atoms. The lowest BCUT2D eigenvalue weighted by molar-refractivity contribution is 0.0379. The molecule has 0 aromatic carbocycles. The second kappa shape index (κ2) is 6.12. The number of aromatic nitrogens is 1. The molecule has 0 amide bonds. The molecule has 1 aromatic heterocycles. The monoisotopic (exact) mass is 296 g/mol. The minimum absolute atomic E-state index is 0.152. The van der Waals surface area contributed by atoms with Crippen LogP contribution in [0.15, 0.2) is 5.38 Å². The maximum atomic E-state index is 9.58. The summed E-state index contributed by atoms with van der Waals surface area (Å²) in [4.78, 5) is 7.26. The van der Waals surface area contributed by atoms with Gasteiger partial charge in [-0.2, -0.15) is 0 Å². The van der Waals surface area contributed by atoms with Gasteiger partial charge in [0, 0.05) is 23.9 Å². The van der Waals surface area contributed by atoms with Gasteiger partial charge < -0.3 is 5.11 Å². The lowest BCUT2D eigenvalue weighted by atomic mass is 9.77. The molecule has 0 atom stereocenters. The lowest BCUT2D eigenvalue weighted by Gasteiger charge is -2.40. The maximum absolute atomic E-state index is 9.58. The molecule has 3 nitrogen and oxygen atoms in total. The molecule has 0 saturated carbocycles. The van der Waals surface area contributed by atoms with Crippen LogP contribution in [0.4, 0.5) is 0 Å². The summed E-state index contributed by atoms with van der Waals surface area (Å²) in [6, 6.07) is 0. The summed E-state index contributed by atoms with van der Waals surface area (Å²) in [5.74, 6) is 0. The van der Waals surface area contributed by atoms with E-state index in [9.17, 15) is 5.11 Å². The first-order valence-electron chi connectivity index (χ1n) is 7.67. The van der Waals surface area contributed by atoms with E-state index >= 15 is 0 Å². The average Bonchev–Trinajstić information content (AvgIpc) is 2.89. The summed E-state index contributed by atoms with van der Waals surface area (Å²) in [7, 11) is 0. The number of aliphatic hydroxyl groups is 1. The topological polar surface area (TPSA) is 36.4 Å². The Bertz CT molecular complexity index is 422. The highest BCUT2D eigenvalue weighted by molar-refractivity contribution is 7.09. The van der Waals surface area contributed by atoms with Gasteiger partial charge in [0.2, 0.25) is 0 Å². The van der Waals surface area contributed by atoms with Gasteiger partial charge in [-0.3, -0.25) is 4.90 Å². The van der Waals surface area contributed by atoms with Crippen LogP contribution in [0.2, 0.25) is 0 Å². The van der Waals surface area contributed by atoms with Crippen LogP contribution in [0.3, 0.4) is 0 Å². The van der Waals surface area contributed by atoms with Crippen molar-refractivity contribution in [3.05, 3.63) is 16.1 Å². The van der Waals surface area contributed by atoms with Crippen molar-refractivity contribution in [1.82, 2.24) is 9.88 Å². The zero-order chi connectivity index (χ0) is 14.8. The van der Waals surface area contributed by atoms with Crippen molar-refractivity contribution < 1.29 is 5.11 Å². The normalized spacial score (nSPS) is 20.2. The first-order chi connectivity index (χ1) is 9.38. The van der Waals surface area contributed by atoms with E-state index in [4.69, 9.17) is 4.98 Å². The predicted molar refractivity (Wildman–Crippen MR) is 85.1 cm³/mol. The molecule has 1 N–H and O–H groups in total. The molecular formula is C16H28N2OS. The van der Waals surface area contributed by atoms with Crippen LogP contribution in [0.5, 0.6) is 0 Å². The van der Waals surface area contributed by atoms with E-state index in [1.54, 1.807) is 11.3 Å². The van der Waals surface area contributed by atoms with Crippen molar-refractivity contribution in [2.75, 3.05) is 19.7 Å². The number of thiazole rings is 1. The van der Waals surface area contributed by atoms with E-state index in [1.807, 2.05) is 0 Å². The molecule has 4 heteroatoms. The second-order valence-corrected chi connectivity index (χ2v) is 8.04. The third kappa shape index (κ3) is 3.60. The van der Waals surface area contributed by atoms with Gasteiger partial charge in [0.25, 0.3) is 0 Å². The number of piperidine rings is 1. The van der Waals surface area contributed by atoms with E-state index in [0.717, 1.165) is 38.9 Å². The summed E-state index contributed by atoms with van der Waals surface area (Å²) >= 11 is 1.78. The smallest absolute Gasteiger partial charge is 0.0982 e. The van der Waals surface area contributed by atoms with Crippen LogP contribution in [-0.4, -0.2) is 34.7 Å². The number of likely N-dealkylation sites (tertiary alicyclic amines) is 1. The van der Waals surface area contributed by atoms with Gasteiger partial charge in [-0.15, -0.1) is 11.3 Å². The third-order valence-corrected chi connectivity index (χ3v) is 5.90. The van der Waals surface area contributed by atoms with Gasteiger partial charge in [0.15, 0.2) is 0 Å². The Morgan fingerprint density at radius 3 is 2.45 bits per heavy atom. The van der Waals surface area contributed by atoms with Gasteiger partial charge in [0.1, 0.15) is 0 Å². The summed E-state index contributed by atoms with van der Waals surface area (Å²) < 4.78 is 0. The van der Waals surface area contributed by atoms with E-state index in [2.05, 4.69) is 38.0 Å². The zero-order valence-corrected chi connectivity index (χ0v) is 14.1. The van der Waals surface area contributed by atoms with Gasteiger partial charge in [-0.25, -0.2) is 4.98 Å². The zero-order valence-electron chi connectivity index (χ0n) is 13.3. The quantitative estimate of drug-likeness (QED) is 0.925. The fourth-order valence-corrected chi connectivity index (χ4v) is 3.66. The SMILES string of the molecule is CCC1(CO)CCN(Cc2csc(C(C)(C)C)n2)CC1. The molecular weight excluding hydrogens is 268 g/mol. The highest BCUT2D eigenvalue weighted by atomic mass is 32.1. The van der Waals surface area contributed by atoms with Crippen molar-refractivity contribution in [2.24, 2.45) is 5.41 Å². The molecule has 0 unspecified atom stereocenters. The van der Waals surface area contributed by atoms with Gasteiger partial charge in [-0.1, -0.05) is 27.7 Å². The maximum Gasteiger partial charge on any atom is 0.0982 e. The van der Waals surface area contributed by atoms with Crippen molar-refractivity contribution in [1.29, 1.82) is 0 Å². The molecule has 114 valence electrons. The Balaban J connectivity index is 1.91. The summed E-state index contributed by atoms with van der Waals surface area (Å²) in [5, 5.41) is 13.0. The van der Waals surface area contributed by atoms with Crippen LogP contribution in [-0.2, 0) is 12.0 Å². The first-order valence-corrected chi connectivity index (χ1v) is 8.55. The van der Waals surface area contributed by atoms with Crippen LogP contribution < -0.4 is 0 Å². The minimum Gasteiger partial charge on any atom is -0.396 e. The number of nitrogens with zero attached hydrogens (tertiary/aromatic N) is 2. The number of rotatable bonds is 4. The Morgan fingerprint density at radius 1 is 1.35 bits per heavy atom. The van der Waals surface area contributed by atoms with Gasteiger partial charge >= 0.3 is 0 Å². The molecule has 1 aliphatic rings. The van der Waals surface area contributed by atoms with Crippen LogP contribution in [0.1, 0.15) is 57.7 Å². The summed E-state index contributed by atoms with van der Waals surface area (Å²) in [6.07, 6.45) is 3.30. The molecule has 1 saturated heterocycles. The first kappa shape index (κ1) is 15.9. The largest absolute Gasteiger partial charge is 0.396 e.